The zero-order valence-corrected chi connectivity index (χ0v) is 8.49. The van der Waals surface area contributed by atoms with Crippen LogP contribution in [0.2, 0.25) is 0 Å². The van der Waals surface area contributed by atoms with Crippen LogP contribution in [0.15, 0.2) is 0 Å². The summed E-state index contributed by atoms with van der Waals surface area (Å²) < 4.78 is 0. The number of nitrogens with zero attached hydrogens (tertiary/aromatic N) is 1. The molecular weight excluding hydrogens is 196 g/mol. The Hall–Kier alpha value is -1.34. The molecule has 2 rings (SSSR count). The molecule has 0 radical (unpaired) electrons. The van der Waals surface area contributed by atoms with Gasteiger partial charge in [-0.2, -0.15) is 5.26 Å². The van der Waals surface area contributed by atoms with E-state index in [1.54, 1.807) is 0 Å². The van der Waals surface area contributed by atoms with Gasteiger partial charge in [0.25, 0.3) is 5.91 Å². The Kier molecular flexibility index (Phi) is 2.26. The first-order valence-corrected chi connectivity index (χ1v) is 5.40. The van der Waals surface area contributed by atoms with Gasteiger partial charge in [-0.15, -0.1) is 11.3 Å². The highest BCUT2D eigenvalue weighted by atomic mass is 32.1. The number of carbonyl (C=O) groups is 1. The average molecular weight is 206 g/mol. The van der Waals surface area contributed by atoms with Gasteiger partial charge < -0.3 is 5.73 Å². The molecule has 14 heavy (non-hydrogen) atoms. The molecule has 72 valence electrons. The van der Waals surface area contributed by atoms with Crippen LogP contribution in [0.3, 0.4) is 0 Å². The molecule has 0 atom stereocenters. The van der Waals surface area contributed by atoms with E-state index >= 15 is 0 Å². The molecule has 1 aromatic heterocycles. The second-order valence-corrected chi connectivity index (χ2v) is 4.50. The number of nitriles is 1. The molecule has 4 heteroatoms. The molecule has 0 aromatic carbocycles. The summed E-state index contributed by atoms with van der Waals surface area (Å²) in [7, 11) is 0. The van der Waals surface area contributed by atoms with E-state index in [0.29, 0.717) is 10.4 Å². The molecule has 3 nitrogen and oxygen atoms in total. The number of carbonyl (C=O) groups excluding carboxylic acids is 1. The minimum atomic E-state index is -0.471. The van der Waals surface area contributed by atoms with Gasteiger partial charge in [0.1, 0.15) is 10.9 Å². The fourth-order valence-corrected chi connectivity index (χ4v) is 3.05. The predicted molar refractivity (Wildman–Crippen MR) is 54.2 cm³/mol. The molecule has 2 N–H and O–H groups in total. The van der Waals surface area contributed by atoms with E-state index in [1.165, 1.54) is 16.2 Å². The minimum absolute atomic E-state index is 0.444. The van der Waals surface area contributed by atoms with Gasteiger partial charge in [-0.1, -0.05) is 0 Å². The Labute approximate surface area is 86.1 Å². The Morgan fingerprint density at radius 3 is 2.79 bits per heavy atom. The highest BCUT2D eigenvalue weighted by Crippen LogP contribution is 2.33. The van der Waals surface area contributed by atoms with Gasteiger partial charge in [0.15, 0.2) is 0 Å². The van der Waals surface area contributed by atoms with E-state index in [0.717, 1.165) is 31.2 Å². The van der Waals surface area contributed by atoms with Crippen molar-refractivity contribution in [2.45, 2.75) is 25.7 Å². The van der Waals surface area contributed by atoms with E-state index in [1.807, 2.05) is 0 Å². The number of rotatable bonds is 1. The SMILES string of the molecule is N#Cc1c(C(N)=O)sc2c1CCCC2. The van der Waals surface area contributed by atoms with E-state index in [2.05, 4.69) is 6.07 Å². The average Bonchev–Trinajstić information content (AvgIpc) is 2.56. The van der Waals surface area contributed by atoms with Crippen LogP contribution in [0.4, 0.5) is 0 Å². The van der Waals surface area contributed by atoms with Gasteiger partial charge in [-0.05, 0) is 31.2 Å². The number of thiophene rings is 1. The molecule has 0 unspecified atom stereocenters. The van der Waals surface area contributed by atoms with Gasteiger partial charge in [0.05, 0.1) is 5.56 Å². The molecule has 0 saturated heterocycles. The molecule has 1 amide bonds. The molecule has 0 spiro atoms. The van der Waals surface area contributed by atoms with Gasteiger partial charge in [0.2, 0.25) is 0 Å². The number of nitrogens with two attached hydrogens (primary N) is 1. The smallest absolute Gasteiger partial charge is 0.260 e. The number of amides is 1. The summed E-state index contributed by atoms with van der Waals surface area (Å²) in [5.74, 6) is -0.471. The van der Waals surface area contributed by atoms with Crippen LogP contribution < -0.4 is 5.73 Å². The maximum atomic E-state index is 11.1. The summed E-state index contributed by atoms with van der Waals surface area (Å²) in [5.41, 5.74) is 6.81. The molecular formula is C10H10N2OS. The standard InChI is InChI=1S/C10H10N2OS/c11-5-7-6-3-1-2-4-8(6)14-9(7)10(12)13/h1-4H2,(H2,12,13). The fraction of sp³-hybridized carbons (Fsp3) is 0.400. The quantitative estimate of drug-likeness (QED) is 0.758. The monoisotopic (exact) mass is 206 g/mol. The van der Waals surface area contributed by atoms with Crippen LogP contribution in [-0.2, 0) is 12.8 Å². The summed E-state index contributed by atoms with van der Waals surface area (Å²) in [6.45, 7) is 0. The van der Waals surface area contributed by atoms with Crippen LogP contribution in [0.1, 0.15) is 38.5 Å². The van der Waals surface area contributed by atoms with Crippen molar-refractivity contribution < 1.29 is 4.79 Å². The number of aryl methyl sites for hydroxylation is 1. The first kappa shape index (κ1) is 9.22. The van der Waals surface area contributed by atoms with E-state index in [-0.39, 0.29) is 0 Å². The van der Waals surface area contributed by atoms with Crippen molar-refractivity contribution >= 4 is 17.2 Å². The largest absolute Gasteiger partial charge is 0.365 e. The van der Waals surface area contributed by atoms with Crippen LogP contribution in [-0.4, -0.2) is 5.91 Å². The molecule has 0 fully saturated rings. The lowest BCUT2D eigenvalue weighted by molar-refractivity contribution is 0.100. The number of hydrogen-bond donors (Lipinski definition) is 1. The van der Waals surface area contributed by atoms with Gasteiger partial charge in [0, 0.05) is 4.88 Å². The molecule has 1 aromatic rings. The highest BCUT2D eigenvalue weighted by molar-refractivity contribution is 7.14. The Bertz CT molecular complexity index is 428. The lowest BCUT2D eigenvalue weighted by Crippen LogP contribution is -2.10. The Morgan fingerprint density at radius 1 is 1.43 bits per heavy atom. The van der Waals surface area contributed by atoms with Crippen molar-refractivity contribution in [2.75, 3.05) is 0 Å². The predicted octanol–water partition coefficient (Wildman–Crippen LogP) is 1.60. The Morgan fingerprint density at radius 2 is 2.14 bits per heavy atom. The van der Waals surface area contributed by atoms with Crippen LogP contribution >= 0.6 is 11.3 Å². The zero-order valence-electron chi connectivity index (χ0n) is 7.67. The van der Waals surface area contributed by atoms with Gasteiger partial charge >= 0.3 is 0 Å². The number of hydrogen-bond acceptors (Lipinski definition) is 3. The van der Waals surface area contributed by atoms with Crippen LogP contribution in [0.5, 0.6) is 0 Å². The Balaban J connectivity index is 2.59. The third-order valence-electron chi connectivity index (χ3n) is 2.51. The third kappa shape index (κ3) is 1.30. The number of fused-ring (bicyclic) bond motifs is 1. The van der Waals surface area contributed by atoms with Crippen molar-refractivity contribution in [1.29, 1.82) is 5.26 Å². The second-order valence-electron chi connectivity index (χ2n) is 3.39. The second kappa shape index (κ2) is 3.43. The van der Waals surface area contributed by atoms with Crippen molar-refractivity contribution in [3.63, 3.8) is 0 Å². The summed E-state index contributed by atoms with van der Waals surface area (Å²) in [6, 6.07) is 2.09. The maximum absolute atomic E-state index is 11.1. The molecule has 1 aliphatic carbocycles. The highest BCUT2D eigenvalue weighted by Gasteiger charge is 2.22. The number of primary amides is 1. The first-order valence-electron chi connectivity index (χ1n) is 4.58. The van der Waals surface area contributed by atoms with E-state index < -0.39 is 5.91 Å². The molecule has 0 bridgehead atoms. The lowest BCUT2D eigenvalue weighted by atomic mass is 9.95. The summed E-state index contributed by atoms with van der Waals surface area (Å²) in [6.07, 6.45) is 4.16. The minimum Gasteiger partial charge on any atom is -0.365 e. The lowest BCUT2D eigenvalue weighted by Gasteiger charge is -2.09. The normalized spacial score (nSPS) is 14.5. The topological polar surface area (TPSA) is 66.9 Å². The van der Waals surface area contributed by atoms with Crippen LogP contribution in [0.25, 0.3) is 0 Å². The van der Waals surface area contributed by atoms with Gasteiger partial charge in [-0.3, -0.25) is 4.79 Å². The molecule has 0 saturated carbocycles. The van der Waals surface area contributed by atoms with Crippen LogP contribution in [0, 0.1) is 11.3 Å². The van der Waals surface area contributed by atoms with Crippen molar-refractivity contribution in [3.05, 3.63) is 20.9 Å². The first-order chi connectivity index (χ1) is 6.74. The summed E-state index contributed by atoms with van der Waals surface area (Å²) in [4.78, 5) is 12.7. The van der Waals surface area contributed by atoms with Crippen molar-refractivity contribution in [3.8, 4) is 6.07 Å². The molecule has 0 aliphatic heterocycles. The zero-order chi connectivity index (χ0) is 10.1. The molecule has 1 heterocycles. The van der Waals surface area contributed by atoms with Crippen molar-refractivity contribution in [1.82, 2.24) is 0 Å². The fourth-order valence-electron chi connectivity index (χ4n) is 1.86. The summed E-state index contributed by atoms with van der Waals surface area (Å²) in [5, 5.41) is 8.96. The molecule has 1 aliphatic rings. The van der Waals surface area contributed by atoms with Crippen molar-refractivity contribution in [2.24, 2.45) is 5.73 Å². The third-order valence-corrected chi connectivity index (χ3v) is 3.81. The van der Waals surface area contributed by atoms with E-state index in [9.17, 15) is 4.79 Å². The maximum Gasteiger partial charge on any atom is 0.260 e. The van der Waals surface area contributed by atoms with Gasteiger partial charge in [-0.25, -0.2) is 0 Å². The summed E-state index contributed by atoms with van der Waals surface area (Å²) >= 11 is 1.40. The van der Waals surface area contributed by atoms with E-state index in [4.69, 9.17) is 11.0 Å².